The van der Waals surface area contributed by atoms with Gasteiger partial charge in [-0.2, -0.15) is 0 Å². The van der Waals surface area contributed by atoms with Crippen molar-refractivity contribution in [3.63, 3.8) is 0 Å². The molecule has 0 unspecified atom stereocenters. The number of hydrogen-bond donors (Lipinski definition) is 2. The monoisotopic (exact) mass is 219 g/mol. The third-order valence-electron chi connectivity index (χ3n) is 3.45. The molecular weight excluding hydrogens is 202 g/mol. The van der Waals surface area contributed by atoms with Crippen molar-refractivity contribution in [3.05, 3.63) is 29.3 Å². The summed E-state index contributed by atoms with van der Waals surface area (Å²) in [4.78, 5) is 11.0. The molecule has 0 aromatic heterocycles. The molecule has 1 aromatic rings. The maximum absolute atomic E-state index is 11.0. The lowest BCUT2D eigenvalue weighted by Gasteiger charge is -2.13. The topological polar surface area (TPSA) is 49.3 Å². The van der Waals surface area contributed by atoms with Gasteiger partial charge in [0.15, 0.2) is 0 Å². The molecule has 86 valence electrons. The summed E-state index contributed by atoms with van der Waals surface area (Å²) in [6.07, 6.45) is 1.58. The molecular formula is C13H17NO2. The Balaban J connectivity index is 2.00. The minimum atomic E-state index is -0.677. The molecule has 0 atom stereocenters. The summed E-state index contributed by atoms with van der Waals surface area (Å²) >= 11 is 0. The molecule has 0 bridgehead atoms. The molecule has 0 spiro atoms. The van der Waals surface area contributed by atoms with Crippen LogP contribution in [0.1, 0.15) is 24.0 Å². The molecule has 1 fully saturated rings. The summed E-state index contributed by atoms with van der Waals surface area (Å²) < 4.78 is 0. The number of benzene rings is 1. The Morgan fingerprint density at radius 3 is 2.56 bits per heavy atom. The van der Waals surface area contributed by atoms with E-state index in [-0.39, 0.29) is 0 Å². The van der Waals surface area contributed by atoms with Crippen LogP contribution in [0.5, 0.6) is 0 Å². The minimum absolute atomic E-state index is 0.501. The van der Waals surface area contributed by atoms with E-state index in [1.54, 1.807) is 0 Å². The van der Waals surface area contributed by atoms with Gasteiger partial charge in [-0.05, 0) is 49.9 Å². The fraction of sp³-hybridized carbons (Fsp3) is 0.462. The van der Waals surface area contributed by atoms with Gasteiger partial charge in [0, 0.05) is 12.2 Å². The fourth-order valence-electron chi connectivity index (χ4n) is 1.74. The second-order valence-corrected chi connectivity index (χ2v) is 4.74. The first-order valence-corrected chi connectivity index (χ1v) is 5.58. The highest BCUT2D eigenvalue weighted by atomic mass is 16.4. The van der Waals surface area contributed by atoms with Crippen LogP contribution in [0.2, 0.25) is 0 Å². The van der Waals surface area contributed by atoms with E-state index >= 15 is 0 Å². The summed E-state index contributed by atoms with van der Waals surface area (Å²) in [5, 5.41) is 12.3. The number of carboxylic acids is 1. The Kier molecular flexibility index (Phi) is 2.62. The standard InChI is InChI=1S/C13H17NO2/c1-9-3-4-11(7-10(9)2)14-8-13(5-6-13)12(15)16/h3-4,7,14H,5-6,8H2,1-2H3,(H,15,16). The highest BCUT2D eigenvalue weighted by molar-refractivity contribution is 5.78. The van der Waals surface area contributed by atoms with E-state index in [0.29, 0.717) is 6.54 Å². The molecule has 1 aliphatic rings. The lowest BCUT2D eigenvalue weighted by Crippen LogP contribution is -2.24. The van der Waals surface area contributed by atoms with Crippen LogP contribution < -0.4 is 5.32 Å². The minimum Gasteiger partial charge on any atom is -0.481 e. The van der Waals surface area contributed by atoms with Crippen molar-refractivity contribution in [1.29, 1.82) is 0 Å². The van der Waals surface area contributed by atoms with Gasteiger partial charge in [0.25, 0.3) is 0 Å². The molecule has 0 amide bonds. The van der Waals surface area contributed by atoms with Crippen molar-refractivity contribution >= 4 is 11.7 Å². The molecule has 0 heterocycles. The van der Waals surface area contributed by atoms with Gasteiger partial charge in [-0.15, -0.1) is 0 Å². The lowest BCUT2D eigenvalue weighted by atomic mass is 10.1. The third kappa shape index (κ3) is 2.03. The maximum atomic E-state index is 11.0. The molecule has 2 N–H and O–H groups in total. The molecule has 0 aliphatic heterocycles. The van der Waals surface area contributed by atoms with Crippen molar-refractivity contribution in [1.82, 2.24) is 0 Å². The molecule has 0 saturated heterocycles. The predicted molar refractivity (Wildman–Crippen MR) is 63.7 cm³/mol. The van der Waals surface area contributed by atoms with Gasteiger partial charge in [-0.1, -0.05) is 6.07 Å². The molecule has 0 radical (unpaired) electrons. The smallest absolute Gasteiger partial charge is 0.311 e. The van der Waals surface area contributed by atoms with Crippen LogP contribution in [0.3, 0.4) is 0 Å². The molecule has 3 nitrogen and oxygen atoms in total. The zero-order chi connectivity index (χ0) is 11.8. The maximum Gasteiger partial charge on any atom is 0.311 e. The number of carbonyl (C=O) groups is 1. The number of carboxylic acid groups (broad SMARTS) is 1. The average Bonchev–Trinajstić information content (AvgIpc) is 3.01. The van der Waals surface area contributed by atoms with Crippen LogP contribution in [0.15, 0.2) is 18.2 Å². The summed E-state index contributed by atoms with van der Waals surface area (Å²) in [5.41, 5.74) is 2.99. The van der Waals surface area contributed by atoms with Crippen molar-refractivity contribution in [2.75, 3.05) is 11.9 Å². The summed E-state index contributed by atoms with van der Waals surface area (Å²) in [6.45, 7) is 4.66. The van der Waals surface area contributed by atoms with E-state index in [1.807, 2.05) is 6.07 Å². The third-order valence-corrected chi connectivity index (χ3v) is 3.45. The molecule has 2 rings (SSSR count). The first-order valence-electron chi connectivity index (χ1n) is 5.58. The van der Waals surface area contributed by atoms with Crippen LogP contribution in [0, 0.1) is 19.3 Å². The van der Waals surface area contributed by atoms with Crippen LogP contribution in [-0.4, -0.2) is 17.6 Å². The van der Waals surface area contributed by atoms with Crippen molar-refractivity contribution in [2.45, 2.75) is 26.7 Å². The molecule has 1 saturated carbocycles. The number of anilines is 1. The zero-order valence-electron chi connectivity index (χ0n) is 9.71. The molecule has 1 aliphatic carbocycles. The zero-order valence-corrected chi connectivity index (χ0v) is 9.71. The Labute approximate surface area is 95.5 Å². The van der Waals surface area contributed by atoms with Crippen molar-refractivity contribution in [2.24, 2.45) is 5.41 Å². The average molecular weight is 219 g/mol. The molecule has 3 heteroatoms. The van der Waals surface area contributed by atoms with Crippen LogP contribution in [-0.2, 0) is 4.79 Å². The summed E-state index contributed by atoms with van der Waals surface area (Å²) in [5.74, 6) is -0.677. The SMILES string of the molecule is Cc1ccc(NCC2(C(=O)O)CC2)cc1C. The van der Waals surface area contributed by atoms with E-state index in [9.17, 15) is 4.79 Å². The van der Waals surface area contributed by atoms with Crippen molar-refractivity contribution < 1.29 is 9.90 Å². The van der Waals surface area contributed by atoms with E-state index in [0.717, 1.165) is 18.5 Å². The normalized spacial score (nSPS) is 16.9. The summed E-state index contributed by atoms with van der Waals surface area (Å²) in [6, 6.07) is 6.12. The van der Waals surface area contributed by atoms with Gasteiger partial charge in [0.1, 0.15) is 0 Å². The van der Waals surface area contributed by atoms with Crippen LogP contribution in [0.4, 0.5) is 5.69 Å². The van der Waals surface area contributed by atoms with Crippen LogP contribution in [0.25, 0.3) is 0 Å². The van der Waals surface area contributed by atoms with Gasteiger partial charge < -0.3 is 10.4 Å². The quantitative estimate of drug-likeness (QED) is 0.818. The number of nitrogens with one attached hydrogen (secondary N) is 1. The first-order chi connectivity index (χ1) is 7.53. The van der Waals surface area contributed by atoms with Gasteiger partial charge in [-0.25, -0.2) is 0 Å². The van der Waals surface area contributed by atoms with E-state index < -0.39 is 11.4 Å². The molecule has 1 aromatic carbocycles. The Morgan fingerprint density at radius 2 is 2.06 bits per heavy atom. The van der Waals surface area contributed by atoms with Gasteiger partial charge in [0.05, 0.1) is 5.41 Å². The number of rotatable bonds is 4. The molecule has 16 heavy (non-hydrogen) atoms. The highest BCUT2D eigenvalue weighted by Gasteiger charge is 2.49. The fourth-order valence-corrected chi connectivity index (χ4v) is 1.74. The van der Waals surface area contributed by atoms with Gasteiger partial charge in [0.2, 0.25) is 0 Å². The van der Waals surface area contributed by atoms with Crippen molar-refractivity contribution in [3.8, 4) is 0 Å². The van der Waals surface area contributed by atoms with Gasteiger partial charge in [-0.3, -0.25) is 4.79 Å². The first kappa shape index (κ1) is 11.0. The largest absolute Gasteiger partial charge is 0.481 e. The number of aliphatic carboxylic acids is 1. The number of aryl methyl sites for hydroxylation is 2. The summed E-state index contributed by atoms with van der Waals surface area (Å²) in [7, 11) is 0. The number of hydrogen-bond acceptors (Lipinski definition) is 2. The van der Waals surface area contributed by atoms with E-state index in [4.69, 9.17) is 5.11 Å². The van der Waals surface area contributed by atoms with Crippen LogP contribution >= 0.6 is 0 Å². The Bertz CT molecular complexity index is 422. The predicted octanol–water partition coefficient (Wildman–Crippen LogP) is 2.58. The Morgan fingerprint density at radius 1 is 1.38 bits per heavy atom. The highest BCUT2D eigenvalue weighted by Crippen LogP contribution is 2.45. The van der Waals surface area contributed by atoms with E-state index in [2.05, 4.69) is 31.3 Å². The van der Waals surface area contributed by atoms with Gasteiger partial charge >= 0.3 is 5.97 Å². The second kappa shape index (κ2) is 3.81. The second-order valence-electron chi connectivity index (χ2n) is 4.74. The Hall–Kier alpha value is -1.51. The van der Waals surface area contributed by atoms with E-state index in [1.165, 1.54) is 11.1 Å². The lowest BCUT2D eigenvalue weighted by molar-refractivity contribution is -0.142.